The zero-order valence-electron chi connectivity index (χ0n) is 19.5. The van der Waals surface area contributed by atoms with Crippen LogP contribution in [0.3, 0.4) is 0 Å². The third kappa shape index (κ3) is 6.56. The van der Waals surface area contributed by atoms with Crippen molar-refractivity contribution in [1.29, 1.82) is 0 Å². The van der Waals surface area contributed by atoms with Crippen LogP contribution in [-0.4, -0.2) is 33.2 Å². The summed E-state index contributed by atoms with van der Waals surface area (Å²) in [7, 11) is -3.93. The summed E-state index contributed by atoms with van der Waals surface area (Å²) in [5.41, 5.74) is 4.29. The Kier molecular flexibility index (Phi) is 9.05. The molecular formula is C26H29ClN2O3S2. The summed E-state index contributed by atoms with van der Waals surface area (Å²) < 4.78 is 28.3. The molecule has 1 N–H and O–H groups in total. The second kappa shape index (κ2) is 11.8. The van der Waals surface area contributed by atoms with Crippen LogP contribution in [0, 0.1) is 20.8 Å². The molecule has 3 aromatic rings. The van der Waals surface area contributed by atoms with E-state index in [-0.39, 0.29) is 17.3 Å². The highest BCUT2D eigenvalue weighted by Crippen LogP contribution is 2.28. The molecule has 0 aliphatic rings. The number of halogens is 1. The monoisotopic (exact) mass is 516 g/mol. The van der Waals surface area contributed by atoms with Gasteiger partial charge in [-0.25, -0.2) is 8.42 Å². The van der Waals surface area contributed by atoms with Crippen LogP contribution >= 0.6 is 23.4 Å². The molecule has 0 saturated carbocycles. The van der Waals surface area contributed by atoms with Crippen molar-refractivity contribution in [2.75, 3.05) is 23.1 Å². The van der Waals surface area contributed by atoms with Crippen molar-refractivity contribution >= 4 is 45.0 Å². The Labute approximate surface area is 211 Å². The second-order valence-corrected chi connectivity index (χ2v) is 11.4. The van der Waals surface area contributed by atoms with Crippen LogP contribution in [0.4, 0.5) is 5.69 Å². The van der Waals surface area contributed by atoms with Crippen molar-refractivity contribution in [3.05, 3.63) is 94.0 Å². The lowest BCUT2D eigenvalue weighted by Gasteiger charge is -2.26. The van der Waals surface area contributed by atoms with Gasteiger partial charge in [-0.15, -0.1) is 0 Å². The Morgan fingerprint density at radius 2 is 1.68 bits per heavy atom. The maximum absolute atomic E-state index is 13.5. The highest BCUT2D eigenvalue weighted by molar-refractivity contribution is 7.98. The van der Waals surface area contributed by atoms with Crippen molar-refractivity contribution in [1.82, 2.24) is 5.32 Å². The van der Waals surface area contributed by atoms with Gasteiger partial charge in [0.05, 0.1) is 10.6 Å². The van der Waals surface area contributed by atoms with Gasteiger partial charge in [0.1, 0.15) is 6.54 Å². The lowest BCUT2D eigenvalue weighted by atomic mass is 10.1. The molecule has 0 atom stereocenters. The van der Waals surface area contributed by atoms with E-state index in [1.165, 1.54) is 4.31 Å². The molecule has 0 fully saturated rings. The Hall–Kier alpha value is -2.48. The number of rotatable bonds is 10. The predicted octanol–water partition coefficient (Wildman–Crippen LogP) is 5.51. The topological polar surface area (TPSA) is 66.5 Å². The van der Waals surface area contributed by atoms with Crippen LogP contribution < -0.4 is 9.62 Å². The molecule has 0 radical (unpaired) electrons. The van der Waals surface area contributed by atoms with E-state index in [9.17, 15) is 13.2 Å². The van der Waals surface area contributed by atoms with E-state index in [0.29, 0.717) is 18.0 Å². The Bertz CT molecular complexity index is 1250. The number of sulfonamides is 1. The fourth-order valence-electron chi connectivity index (χ4n) is 3.39. The molecule has 0 saturated heterocycles. The standard InChI is InChI=1S/C26H29ClN2O3S2/c1-19-11-13-23(14-12-19)34(31,32)29(25-10-6-7-20(2)21(25)3)17-26(30)28-15-16-33-18-22-8-4-5-9-24(22)27/h4-14H,15-18H2,1-3H3,(H,28,30). The summed E-state index contributed by atoms with van der Waals surface area (Å²) in [6, 6.07) is 19.8. The van der Waals surface area contributed by atoms with Gasteiger partial charge in [-0.2, -0.15) is 11.8 Å². The van der Waals surface area contributed by atoms with Gasteiger partial charge in [0.25, 0.3) is 10.0 Å². The summed E-state index contributed by atoms with van der Waals surface area (Å²) in [6.45, 7) is 5.82. The molecule has 0 aliphatic carbocycles. The molecule has 0 unspecified atom stereocenters. The van der Waals surface area contributed by atoms with Crippen LogP contribution in [0.1, 0.15) is 22.3 Å². The summed E-state index contributed by atoms with van der Waals surface area (Å²) in [4.78, 5) is 12.9. The summed E-state index contributed by atoms with van der Waals surface area (Å²) in [6.07, 6.45) is 0. The first-order chi connectivity index (χ1) is 16.2. The zero-order valence-corrected chi connectivity index (χ0v) is 21.9. The number of nitrogens with zero attached hydrogens (tertiary/aromatic N) is 1. The number of thioether (sulfide) groups is 1. The number of carbonyl (C=O) groups is 1. The molecule has 3 rings (SSSR count). The fourth-order valence-corrected chi connectivity index (χ4v) is 6.01. The molecule has 0 aromatic heterocycles. The predicted molar refractivity (Wildman–Crippen MR) is 142 cm³/mol. The SMILES string of the molecule is Cc1ccc(S(=O)(=O)N(CC(=O)NCCSCc2ccccc2Cl)c2cccc(C)c2C)cc1. The van der Waals surface area contributed by atoms with Gasteiger partial charge in [-0.05, 0) is 61.7 Å². The van der Waals surface area contributed by atoms with Crippen LogP contribution in [-0.2, 0) is 20.6 Å². The summed E-state index contributed by atoms with van der Waals surface area (Å²) in [5, 5.41) is 3.58. The van der Waals surface area contributed by atoms with E-state index < -0.39 is 10.0 Å². The van der Waals surface area contributed by atoms with Crippen molar-refractivity contribution in [2.45, 2.75) is 31.4 Å². The summed E-state index contributed by atoms with van der Waals surface area (Å²) >= 11 is 7.84. The minimum Gasteiger partial charge on any atom is -0.354 e. The maximum Gasteiger partial charge on any atom is 0.264 e. The number of anilines is 1. The van der Waals surface area contributed by atoms with Crippen molar-refractivity contribution in [3.63, 3.8) is 0 Å². The Morgan fingerprint density at radius 1 is 0.971 bits per heavy atom. The zero-order chi connectivity index (χ0) is 24.7. The molecule has 8 heteroatoms. The lowest BCUT2D eigenvalue weighted by molar-refractivity contribution is -0.119. The fraction of sp³-hybridized carbons (Fsp3) is 0.269. The average molecular weight is 517 g/mol. The second-order valence-electron chi connectivity index (χ2n) is 8.04. The van der Waals surface area contributed by atoms with Gasteiger partial charge in [0, 0.05) is 23.1 Å². The highest BCUT2D eigenvalue weighted by Gasteiger charge is 2.28. The lowest BCUT2D eigenvalue weighted by Crippen LogP contribution is -2.41. The van der Waals surface area contributed by atoms with E-state index in [1.807, 2.05) is 51.1 Å². The molecule has 180 valence electrons. The van der Waals surface area contributed by atoms with Crippen molar-refractivity contribution in [3.8, 4) is 0 Å². The molecule has 0 bridgehead atoms. The Morgan fingerprint density at radius 3 is 2.38 bits per heavy atom. The molecular weight excluding hydrogens is 488 g/mol. The minimum atomic E-state index is -3.93. The molecule has 1 amide bonds. The molecule has 34 heavy (non-hydrogen) atoms. The number of amides is 1. The van der Waals surface area contributed by atoms with Gasteiger partial charge in [-0.3, -0.25) is 9.10 Å². The third-order valence-electron chi connectivity index (χ3n) is 5.52. The normalized spacial score (nSPS) is 11.3. The largest absolute Gasteiger partial charge is 0.354 e. The third-order valence-corrected chi connectivity index (χ3v) is 8.68. The van der Waals surface area contributed by atoms with Crippen molar-refractivity contribution < 1.29 is 13.2 Å². The van der Waals surface area contributed by atoms with E-state index in [1.54, 1.807) is 48.2 Å². The molecule has 5 nitrogen and oxygen atoms in total. The minimum absolute atomic E-state index is 0.155. The van der Waals surface area contributed by atoms with Crippen molar-refractivity contribution in [2.24, 2.45) is 0 Å². The van der Waals surface area contributed by atoms with E-state index in [4.69, 9.17) is 11.6 Å². The first kappa shape index (κ1) is 26.1. The summed E-state index contributed by atoms with van der Waals surface area (Å²) in [5.74, 6) is 1.08. The maximum atomic E-state index is 13.5. The number of carbonyl (C=O) groups excluding carboxylic acids is 1. The highest BCUT2D eigenvalue weighted by atomic mass is 35.5. The molecule has 3 aromatic carbocycles. The van der Waals surface area contributed by atoms with Crippen LogP contribution in [0.25, 0.3) is 0 Å². The van der Waals surface area contributed by atoms with Crippen LogP contribution in [0.2, 0.25) is 5.02 Å². The van der Waals surface area contributed by atoms with Crippen LogP contribution in [0.15, 0.2) is 71.6 Å². The number of aryl methyl sites for hydroxylation is 2. The molecule has 0 spiro atoms. The smallest absolute Gasteiger partial charge is 0.264 e. The number of hydrogen-bond donors (Lipinski definition) is 1. The van der Waals surface area contributed by atoms with E-state index >= 15 is 0 Å². The van der Waals surface area contributed by atoms with Gasteiger partial charge in [0.15, 0.2) is 0 Å². The van der Waals surface area contributed by atoms with Crippen LogP contribution in [0.5, 0.6) is 0 Å². The first-order valence-corrected chi connectivity index (χ1v) is 13.9. The average Bonchev–Trinajstić information content (AvgIpc) is 2.80. The number of benzene rings is 3. The van der Waals surface area contributed by atoms with Gasteiger partial charge < -0.3 is 5.32 Å². The molecule has 0 aliphatic heterocycles. The van der Waals surface area contributed by atoms with Gasteiger partial charge >= 0.3 is 0 Å². The quantitative estimate of drug-likeness (QED) is 0.361. The first-order valence-electron chi connectivity index (χ1n) is 10.9. The van der Waals surface area contributed by atoms with E-state index in [0.717, 1.165) is 33.0 Å². The molecule has 0 heterocycles. The van der Waals surface area contributed by atoms with Gasteiger partial charge in [0.2, 0.25) is 5.91 Å². The van der Waals surface area contributed by atoms with E-state index in [2.05, 4.69) is 5.32 Å². The Balaban J connectivity index is 1.70. The number of hydrogen-bond acceptors (Lipinski definition) is 4. The van der Waals surface area contributed by atoms with Gasteiger partial charge in [-0.1, -0.05) is 59.6 Å². The number of nitrogens with one attached hydrogen (secondary N) is 1.